The van der Waals surface area contributed by atoms with Crippen molar-refractivity contribution in [1.82, 2.24) is 9.78 Å². The Morgan fingerprint density at radius 1 is 1.13 bits per heavy atom. The average molecular weight is 440 g/mol. The van der Waals surface area contributed by atoms with Crippen LogP contribution in [0, 0.1) is 0 Å². The van der Waals surface area contributed by atoms with Gasteiger partial charge in [0.1, 0.15) is 11.5 Å². The zero-order valence-electron chi connectivity index (χ0n) is 15.3. The van der Waals surface area contributed by atoms with Crippen LogP contribution in [-0.4, -0.2) is 15.7 Å². The summed E-state index contributed by atoms with van der Waals surface area (Å²) in [5.74, 6) is -0.472. The van der Waals surface area contributed by atoms with Crippen LogP contribution in [0.25, 0.3) is 29.7 Å². The number of halogens is 2. The molecule has 0 aliphatic carbocycles. The van der Waals surface area contributed by atoms with Gasteiger partial charge >= 0.3 is 0 Å². The van der Waals surface area contributed by atoms with Gasteiger partial charge in [-0.3, -0.25) is 9.89 Å². The van der Waals surface area contributed by atoms with Gasteiger partial charge in [0.2, 0.25) is 0 Å². The molecule has 0 aliphatic heterocycles. The molecule has 4 aromatic rings. The Balaban J connectivity index is 1.74. The molecule has 0 amide bonds. The van der Waals surface area contributed by atoms with Crippen LogP contribution in [0.5, 0.6) is 0 Å². The Bertz CT molecular complexity index is 1450. The summed E-state index contributed by atoms with van der Waals surface area (Å²) in [6, 6.07) is 14.6. The van der Waals surface area contributed by atoms with Crippen LogP contribution in [0.15, 0.2) is 63.8 Å². The maximum atomic E-state index is 12.8. The predicted molar refractivity (Wildman–Crippen MR) is 113 cm³/mol. The number of carboxylic acids is 1. The minimum absolute atomic E-state index is 0.0458. The van der Waals surface area contributed by atoms with Crippen molar-refractivity contribution in [3.63, 3.8) is 0 Å². The Morgan fingerprint density at radius 2 is 1.93 bits per heavy atom. The second kappa shape index (κ2) is 7.74. The number of benzene rings is 2. The van der Waals surface area contributed by atoms with E-state index in [1.54, 1.807) is 48.5 Å². The molecular weight excluding hydrogens is 427 g/mol. The number of aromatic carboxylic acids is 1. The lowest BCUT2D eigenvalue weighted by molar-refractivity contribution is -0.255. The number of aromatic nitrogens is 2. The van der Waals surface area contributed by atoms with Gasteiger partial charge in [-0.15, -0.1) is 0 Å². The third-order valence-corrected chi connectivity index (χ3v) is 5.01. The van der Waals surface area contributed by atoms with Gasteiger partial charge in [-0.25, -0.2) is 4.68 Å². The molecule has 2 aromatic carbocycles. The summed E-state index contributed by atoms with van der Waals surface area (Å²) in [5.41, 5.74) is 0.764. The van der Waals surface area contributed by atoms with Crippen LogP contribution in [0.3, 0.4) is 0 Å². The number of hydrogen-bond acceptors (Lipinski definition) is 4. The number of carbonyl (C=O) groups excluding carboxylic acids is 1. The van der Waals surface area contributed by atoms with Crippen molar-refractivity contribution in [2.45, 2.75) is 0 Å². The van der Waals surface area contributed by atoms with E-state index in [2.05, 4.69) is 11.7 Å². The molecule has 2 heterocycles. The molecule has 0 saturated heterocycles. The number of carbonyl (C=O) groups is 1. The Morgan fingerprint density at radius 3 is 2.63 bits per heavy atom. The van der Waals surface area contributed by atoms with Crippen LogP contribution >= 0.6 is 23.2 Å². The van der Waals surface area contributed by atoms with Gasteiger partial charge < -0.3 is 14.3 Å². The van der Waals surface area contributed by atoms with E-state index in [-0.39, 0.29) is 16.1 Å². The lowest BCUT2D eigenvalue weighted by Gasteiger charge is -2.06. The van der Waals surface area contributed by atoms with E-state index in [4.69, 9.17) is 27.6 Å². The molecule has 150 valence electrons. The van der Waals surface area contributed by atoms with E-state index in [0.717, 1.165) is 0 Å². The molecule has 0 fully saturated rings. The minimum Gasteiger partial charge on any atom is -0.545 e. The van der Waals surface area contributed by atoms with Gasteiger partial charge in [0, 0.05) is 16.1 Å². The SMILES string of the molecule is C=c1[nH]n(-c2cccc(Cl)c2)c(=O)/c1=C\c1ccc(-c2ccc(C(=O)[O-])c(Cl)c2)o1. The molecule has 0 unspecified atom stereocenters. The highest BCUT2D eigenvalue weighted by Crippen LogP contribution is 2.27. The molecule has 4 rings (SSSR count). The van der Waals surface area contributed by atoms with Crippen molar-refractivity contribution in [2.75, 3.05) is 0 Å². The lowest BCUT2D eigenvalue weighted by Crippen LogP contribution is -2.33. The summed E-state index contributed by atoms with van der Waals surface area (Å²) in [6.45, 7) is 3.89. The van der Waals surface area contributed by atoms with Crippen molar-refractivity contribution in [2.24, 2.45) is 0 Å². The number of carboxylic acid groups (broad SMARTS) is 1. The fourth-order valence-corrected chi connectivity index (χ4v) is 3.45. The van der Waals surface area contributed by atoms with Crippen molar-refractivity contribution in [3.8, 4) is 17.0 Å². The van der Waals surface area contributed by atoms with E-state index in [0.29, 0.717) is 38.4 Å². The van der Waals surface area contributed by atoms with Gasteiger partial charge in [0.05, 0.1) is 27.2 Å². The van der Waals surface area contributed by atoms with Crippen LogP contribution in [0.4, 0.5) is 0 Å². The third-order valence-electron chi connectivity index (χ3n) is 4.46. The average Bonchev–Trinajstić information content (AvgIpc) is 3.28. The topological polar surface area (TPSA) is 91.1 Å². The van der Waals surface area contributed by atoms with E-state index in [1.165, 1.54) is 16.8 Å². The Kier molecular flexibility index (Phi) is 5.11. The van der Waals surface area contributed by atoms with Crippen molar-refractivity contribution in [3.05, 3.63) is 96.9 Å². The minimum atomic E-state index is -1.36. The first-order valence-electron chi connectivity index (χ1n) is 8.72. The maximum Gasteiger partial charge on any atom is 0.279 e. The Labute approximate surface area is 179 Å². The molecule has 0 saturated carbocycles. The van der Waals surface area contributed by atoms with Crippen molar-refractivity contribution in [1.29, 1.82) is 0 Å². The quantitative estimate of drug-likeness (QED) is 0.528. The zero-order valence-corrected chi connectivity index (χ0v) is 16.8. The van der Waals surface area contributed by atoms with Crippen LogP contribution in [0.1, 0.15) is 16.1 Å². The molecule has 8 heteroatoms. The van der Waals surface area contributed by atoms with Gasteiger partial charge in [-0.05, 0) is 42.5 Å². The summed E-state index contributed by atoms with van der Waals surface area (Å²) >= 11 is 12.0. The van der Waals surface area contributed by atoms with Gasteiger partial charge in [0.25, 0.3) is 5.56 Å². The van der Waals surface area contributed by atoms with Crippen molar-refractivity contribution >= 4 is 41.8 Å². The highest BCUT2D eigenvalue weighted by molar-refractivity contribution is 6.33. The number of hydrogen-bond donors (Lipinski definition) is 1. The lowest BCUT2D eigenvalue weighted by atomic mass is 10.1. The number of rotatable bonds is 4. The molecule has 0 bridgehead atoms. The number of aromatic amines is 1. The van der Waals surface area contributed by atoms with Crippen LogP contribution in [-0.2, 0) is 0 Å². The first-order chi connectivity index (χ1) is 14.3. The molecule has 0 atom stereocenters. The number of nitrogens with one attached hydrogen (secondary N) is 1. The second-order valence-corrected chi connectivity index (χ2v) is 7.30. The van der Waals surface area contributed by atoms with Crippen LogP contribution in [0.2, 0.25) is 10.0 Å². The summed E-state index contributed by atoms with van der Waals surface area (Å²) in [7, 11) is 0. The van der Waals surface area contributed by atoms with E-state index >= 15 is 0 Å². The molecule has 1 N–H and O–H groups in total. The largest absolute Gasteiger partial charge is 0.545 e. The second-order valence-electron chi connectivity index (χ2n) is 6.45. The van der Waals surface area contributed by atoms with Crippen LogP contribution < -0.4 is 21.2 Å². The first kappa shape index (κ1) is 19.8. The summed E-state index contributed by atoms with van der Waals surface area (Å²) in [5, 5.41) is 15.2. The first-order valence-corrected chi connectivity index (χ1v) is 9.48. The van der Waals surface area contributed by atoms with Crippen molar-refractivity contribution < 1.29 is 14.3 Å². The Hall–Kier alpha value is -3.48. The van der Waals surface area contributed by atoms with E-state index < -0.39 is 5.97 Å². The highest BCUT2D eigenvalue weighted by Gasteiger charge is 2.09. The number of H-pyrrole nitrogens is 1. The van der Waals surface area contributed by atoms with Gasteiger partial charge in [0.15, 0.2) is 0 Å². The smallest absolute Gasteiger partial charge is 0.279 e. The third kappa shape index (κ3) is 3.70. The molecule has 0 spiro atoms. The summed E-state index contributed by atoms with van der Waals surface area (Å²) < 4.78 is 7.13. The fraction of sp³-hybridized carbons (Fsp3) is 0. The fourth-order valence-electron chi connectivity index (χ4n) is 3.00. The van der Waals surface area contributed by atoms with Gasteiger partial charge in [-0.1, -0.05) is 48.0 Å². The maximum absolute atomic E-state index is 12.8. The molecule has 0 radical (unpaired) electrons. The monoisotopic (exact) mass is 439 g/mol. The molecule has 30 heavy (non-hydrogen) atoms. The standard InChI is InChI=1S/C22H14Cl2N2O4/c1-12-18(21(27)26(25-12)15-4-2-3-14(23)10-15)11-16-6-8-20(30-16)13-5-7-17(22(28)29)19(24)9-13/h2-11,25H,1H2,(H,28,29)/p-1/b18-11-. The summed E-state index contributed by atoms with van der Waals surface area (Å²) in [6.07, 6.45) is 1.57. The van der Waals surface area contributed by atoms with Gasteiger partial charge in [-0.2, -0.15) is 0 Å². The molecular formula is C22H13Cl2N2O4-. The van der Waals surface area contributed by atoms with E-state index in [1.807, 2.05) is 0 Å². The number of nitrogens with zero attached hydrogens (tertiary/aromatic N) is 1. The normalized spacial score (nSPS) is 11.7. The molecule has 2 aromatic heterocycles. The highest BCUT2D eigenvalue weighted by atomic mass is 35.5. The summed E-state index contributed by atoms with van der Waals surface area (Å²) in [4.78, 5) is 23.8. The van der Waals surface area contributed by atoms with E-state index in [9.17, 15) is 14.7 Å². The number of furan rings is 1. The molecule has 0 aliphatic rings. The molecule has 6 nitrogen and oxygen atoms in total. The zero-order chi connectivity index (χ0) is 21.4. The predicted octanol–water partition coefficient (Wildman–Crippen LogP) is 2.33.